The molecule has 1 amide bonds. The second-order valence-electron chi connectivity index (χ2n) is 4.93. The number of aromatic nitrogens is 2. The average molecular weight is 249 g/mol. The lowest BCUT2D eigenvalue weighted by Gasteiger charge is -2.33. The number of hydrogen-bond donors (Lipinski definition) is 0. The van der Waals surface area contributed by atoms with E-state index in [4.69, 9.17) is 4.74 Å². The summed E-state index contributed by atoms with van der Waals surface area (Å²) in [6, 6.07) is 1.83. The monoisotopic (exact) mass is 249 g/mol. The minimum Gasteiger partial charge on any atom is -0.368 e. The highest BCUT2D eigenvalue weighted by Crippen LogP contribution is 2.20. The average Bonchev–Trinajstić information content (AvgIpc) is 2.39. The second-order valence-corrected chi connectivity index (χ2v) is 4.93. The van der Waals surface area contributed by atoms with Gasteiger partial charge in [-0.25, -0.2) is 9.97 Å². The molecule has 0 saturated carbocycles. The number of rotatable bonds is 3. The molecule has 1 unspecified atom stereocenters. The van der Waals surface area contributed by atoms with Gasteiger partial charge in [-0.15, -0.1) is 0 Å². The van der Waals surface area contributed by atoms with Crippen LogP contribution in [-0.2, 0) is 9.53 Å². The van der Waals surface area contributed by atoms with Crippen LogP contribution in [0, 0.1) is 5.92 Å². The third-order valence-electron chi connectivity index (χ3n) is 2.94. The van der Waals surface area contributed by atoms with Crippen molar-refractivity contribution in [2.45, 2.75) is 26.4 Å². The van der Waals surface area contributed by atoms with Crippen molar-refractivity contribution in [2.75, 3.05) is 19.7 Å². The van der Waals surface area contributed by atoms with Crippen LogP contribution in [-0.4, -0.2) is 40.5 Å². The normalized spacial score (nSPS) is 20.2. The number of hydrogen-bond acceptors (Lipinski definition) is 4. The van der Waals surface area contributed by atoms with E-state index >= 15 is 0 Å². The van der Waals surface area contributed by atoms with Crippen LogP contribution in [0.3, 0.4) is 0 Å². The van der Waals surface area contributed by atoms with Crippen LogP contribution in [0.4, 0.5) is 0 Å². The number of nitrogens with zero attached hydrogens (tertiary/aromatic N) is 3. The first-order valence-electron chi connectivity index (χ1n) is 6.32. The first kappa shape index (κ1) is 13.0. The Bertz CT molecular complexity index is 394. The Morgan fingerprint density at radius 2 is 2.44 bits per heavy atom. The molecule has 0 aliphatic carbocycles. The highest BCUT2D eigenvalue weighted by Gasteiger charge is 2.26. The Hall–Kier alpha value is -1.49. The van der Waals surface area contributed by atoms with Gasteiger partial charge in [0.05, 0.1) is 18.8 Å². The maximum absolute atomic E-state index is 12.0. The van der Waals surface area contributed by atoms with Crippen molar-refractivity contribution in [1.29, 1.82) is 0 Å². The van der Waals surface area contributed by atoms with E-state index in [-0.39, 0.29) is 12.0 Å². The van der Waals surface area contributed by atoms with Gasteiger partial charge in [0.1, 0.15) is 12.4 Å². The standard InChI is InChI=1S/C13H19N3O2/c1-10(2)7-13(17)16-5-6-18-12(8-16)11-3-4-14-9-15-11/h3-4,9-10,12H,5-8H2,1-2H3. The highest BCUT2D eigenvalue weighted by atomic mass is 16.5. The molecule has 0 aromatic carbocycles. The minimum atomic E-state index is -0.127. The summed E-state index contributed by atoms with van der Waals surface area (Å²) in [7, 11) is 0. The quantitative estimate of drug-likeness (QED) is 0.813. The van der Waals surface area contributed by atoms with Crippen LogP contribution in [0.1, 0.15) is 32.1 Å². The second kappa shape index (κ2) is 5.91. The molecule has 1 fully saturated rings. The molecule has 0 spiro atoms. The zero-order valence-corrected chi connectivity index (χ0v) is 10.9. The lowest BCUT2D eigenvalue weighted by molar-refractivity contribution is -0.139. The minimum absolute atomic E-state index is 0.127. The predicted octanol–water partition coefficient (Wildman–Crippen LogP) is 1.42. The maximum atomic E-state index is 12.0. The summed E-state index contributed by atoms with van der Waals surface area (Å²) in [6.07, 6.45) is 3.67. The van der Waals surface area contributed by atoms with Crippen molar-refractivity contribution in [1.82, 2.24) is 14.9 Å². The Labute approximate surface area is 107 Å². The number of morpholine rings is 1. The summed E-state index contributed by atoms with van der Waals surface area (Å²) >= 11 is 0. The Morgan fingerprint density at radius 3 is 3.11 bits per heavy atom. The molecule has 1 aromatic rings. The summed E-state index contributed by atoms with van der Waals surface area (Å²) in [4.78, 5) is 22.0. The van der Waals surface area contributed by atoms with Crippen molar-refractivity contribution in [3.8, 4) is 0 Å². The fourth-order valence-corrected chi connectivity index (χ4v) is 2.02. The van der Waals surface area contributed by atoms with Crippen LogP contribution in [0.15, 0.2) is 18.6 Å². The van der Waals surface area contributed by atoms with E-state index in [0.717, 1.165) is 5.69 Å². The van der Waals surface area contributed by atoms with E-state index in [9.17, 15) is 4.79 Å². The first-order valence-corrected chi connectivity index (χ1v) is 6.32. The van der Waals surface area contributed by atoms with Gasteiger partial charge in [0.25, 0.3) is 0 Å². The fourth-order valence-electron chi connectivity index (χ4n) is 2.02. The number of carbonyl (C=O) groups excluding carboxylic acids is 1. The summed E-state index contributed by atoms with van der Waals surface area (Å²) in [5.41, 5.74) is 0.840. The van der Waals surface area contributed by atoms with Gasteiger partial charge >= 0.3 is 0 Å². The van der Waals surface area contributed by atoms with Crippen molar-refractivity contribution in [2.24, 2.45) is 5.92 Å². The number of ether oxygens (including phenoxy) is 1. The topological polar surface area (TPSA) is 55.3 Å². The zero-order valence-electron chi connectivity index (χ0n) is 10.9. The number of amides is 1. The van der Waals surface area contributed by atoms with E-state index in [1.807, 2.05) is 11.0 Å². The van der Waals surface area contributed by atoms with Gasteiger partial charge < -0.3 is 9.64 Å². The SMILES string of the molecule is CC(C)CC(=O)N1CCOC(c2ccncn2)C1. The molecule has 0 N–H and O–H groups in total. The molecular formula is C13H19N3O2. The van der Waals surface area contributed by atoms with Crippen molar-refractivity contribution in [3.05, 3.63) is 24.3 Å². The summed E-state index contributed by atoms with van der Waals surface area (Å²) in [6.45, 7) is 5.94. The molecule has 1 saturated heterocycles. The Morgan fingerprint density at radius 1 is 1.61 bits per heavy atom. The van der Waals surface area contributed by atoms with Gasteiger partial charge in [-0.1, -0.05) is 13.8 Å². The molecule has 5 heteroatoms. The zero-order chi connectivity index (χ0) is 13.0. The smallest absolute Gasteiger partial charge is 0.223 e. The molecule has 2 rings (SSSR count). The van der Waals surface area contributed by atoms with E-state index in [0.29, 0.717) is 32.0 Å². The van der Waals surface area contributed by atoms with E-state index in [2.05, 4.69) is 23.8 Å². The predicted molar refractivity (Wildman–Crippen MR) is 66.8 cm³/mol. The largest absolute Gasteiger partial charge is 0.368 e. The Balaban J connectivity index is 1.98. The third kappa shape index (κ3) is 3.26. The van der Waals surface area contributed by atoms with Gasteiger partial charge in [-0.2, -0.15) is 0 Å². The van der Waals surface area contributed by atoms with E-state index in [1.165, 1.54) is 6.33 Å². The molecule has 1 atom stereocenters. The van der Waals surface area contributed by atoms with Crippen molar-refractivity contribution < 1.29 is 9.53 Å². The molecule has 1 aromatic heterocycles. The van der Waals surface area contributed by atoms with Crippen molar-refractivity contribution >= 4 is 5.91 Å². The molecule has 2 heterocycles. The van der Waals surface area contributed by atoms with E-state index < -0.39 is 0 Å². The lowest BCUT2D eigenvalue weighted by Crippen LogP contribution is -2.42. The third-order valence-corrected chi connectivity index (χ3v) is 2.94. The van der Waals surface area contributed by atoms with Crippen LogP contribution < -0.4 is 0 Å². The van der Waals surface area contributed by atoms with Gasteiger partial charge in [-0.3, -0.25) is 4.79 Å². The summed E-state index contributed by atoms with van der Waals surface area (Å²) in [5, 5.41) is 0. The molecule has 1 aliphatic heterocycles. The molecule has 18 heavy (non-hydrogen) atoms. The van der Waals surface area contributed by atoms with Gasteiger partial charge in [-0.05, 0) is 12.0 Å². The van der Waals surface area contributed by atoms with Gasteiger partial charge in [0.15, 0.2) is 0 Å². The molecule has 5 nitrogen and oxygen atoms in total. The van der Waals surface area contributed by atoms with Crippen LogP contribution >= 0.6 is 0 Å². The molecule has 1 aliphatic rings. The highest BCUT2D eigenvalue weighted by molar-refractivity contribution is 5.76. The Kier molecular flexibility index (Phi) is 4.25. The summed E-state index contributed by atoms with van der Waals surface area (Å²) in [5.74, 6) is 0.588. The van der Waals surface area contributed by atoms with Crippen LogP contribution in [0.25, 0.3) is 0 Å². The fraction of sp³-hybridized carbons (Fsp3) is 0.615. The maximum Gasteiger partial charge on any atom is 0.223 e. The van der Waals surface area contributed by atoms with Gasteiger partial charge in [0.2, 0.25) is 5.91 Å². The number of carbonyl (C=O) groups is 1. The van der Waals surface area contributed by atoms with Gasteiger partial charge in [0, 0.05) is 19.2 Å². The van der Waals surface area contributed by atoms with Crippen LogP contribution in [0.5, 0.6) is 0 Å². The molecule has 0 radical (unpaired) electrons. The van der Waals surface area contributed by atoms with Crippen LogP contribution in [0.2, 0.25) is 0 Å². The first-order chi connectivity index (χ1) is 8.66. The van der Waals surface area contributed by atoms with Crippen molar-refractivity contribution in [3.63, 3.8) is 0 Å². The lowest BCUT2D eigenvalue weighted by atomic mass is 10.1. The molecular weight excluding hydrogens is 230 g/mol. The molecule has 98 valence electrons. The molecule has 0 bridgehead atoms. The summed E-state index contributed by atoms with van der Waals surface area (Å²) < 4.78 is 5.67. The van der Waals surface area contributed by atoms with E-state index in [1.54, 1.807) is 6.20 Å².